The number of carbonyl (C=O) groups is 1. The van der Waals surface area contributed by atoms with Crippen LogP contribution in [0.4, 0.5) is 0 Å². The Balaban J connectivity index is 1.59. The number of nitrogens with zero attached hydrogens (tertiary/aromatic N) is 4. The Morgan fingerprint density at radius 3 is 2.43 bits per heavy atom. The summed E-state index contributed by atoms with van der Waals surface area (Å²) in [4.78, 5) is 15.1. The number of hydrogen-bond donors (Lipinski definition) is 1. The summed E-state index contributed by atoms with van der Waals surface area (Å²) in [6, 6.07) is 0.739. The Morgan fingerprint density at radius 1 is 1.23 bits per heavy atom. The molecule has 170 valence electrons. The average Bonchev–Trinajstić information content (AvgIpc) is 3.12. The molecule has 30 heavy (non-hydrogen) atoms. The third kappa shape index (κ3) is 5.81. The van der Waals surface area contributed by atoms with E-state index in [0.29, 0.717) is 37.3 Å². The van der Waals surface area contributed by atoms with Crippen molar-refractivity contribution in [3.8, 4) is 0 Å². The number of nitrogens with one attached hydrogen (secondary N) is 1. The third-order valence-electron chi connectivity index (χ3n) is 6.19. The molecule has 0 saturated carbocycles. The number of ether oxygens (including phenoxy) is 1. The van der Waals surface area contributed by atoms with Crippen LogP contribution in [0.25, 0.3) is 0 Å². The molecule has 1 amide bonds. The van der Waals surface area contributed by atoms with E-state index in [9.17, 15) is 13.2 Å². The monoisotopic (exact) mass is 441 g/mol. The van der Waals surface area contributed by atoms with Crippen molar-refractivity contribution >= 4 is 15.9 Å². The molecular formula is C20H35N5O4S. The lowest BCUT2D eigenvalue weighted by Gasteiger charge is -2.43. The molecular weight excluding hydrogens is 406 g/mol. The van der Waals surface area contributed by atoms with E-state index in [4.69, 9.17) is 4.74 Å². The molecule has 2 saturated heterocycles. The molecule has 9 nitrogen and oxygen atoms in total. The Hall–Kier alpha value is -1.49. The summed E-state index contributed by atoms with van der Waals surface area (Å²) in [7, 11) is -3.13. The molecule has 0 aromatic carbocycles. The maximum atomic E-state index is 12.6. The zero-order valence-electron chi connectivity index (χ0n) is 18.3. The number of aryl methyl sites for hydroxylation is 2. The van der Waals surface area contributed by atoms with E-state index in [0.717, 1.165) is 57.7 Å². The molecule has 2 aliphatic heterocycles. The van der Waals surface area contributed by atoms with Gasteiger partial charge in [-0.25, -0.2) is 12.7 Å². The van der Waals surface area contributed by atoms with Gasteiger partial charge in [0, 0.05) is 64.2 Å². The van der Waals surface area contributed by atoms with Crippen LogP contribution < -0.4 is 5.32 Å². The Bertz CT molecular complexity index is 811. The largest absolute Gasteiger partial charge is 0.381 e. The Labute approximate surface area is 179 Å². The van der Waals surface area contributed by atoms with E-state index in [-0.39, 0.29) is 5.91 Å². The van der Waals surface area contributed by atoms with Crippen LogP contribution in [0.3, 0.4) is 0 Å². The molecule has 2 aliphatic rings. The van der Waals surface area contributed by atoms with Gasteiger partial charge in [0.2, 0.25) is 10.0 Å². The smallest absolute Gasteiger partial charge is 0.254 e. The molecule has 0 spiro atoms. The van der Waals surface area contributed by atoms with E-state index in [1.54, 1.807) is 15.2 Å². The lowest BCUT2D eigenvalue weighted by molar-refractivity contribution is 0.00747. The van der Waals surface area contributed by atoms with Crippen molar-refractivity contribution in [2.45, 2.75) is 58.2 Å². The minimum atomic E-state index is -3.13. The second kappa shape index (κ2) is 10.2. The van der Waals surface area contributed by atoms with Crippen LogP contribution in [0, 0.1) is 6.92 Å². The van der Waals surface area contributed by atoms with Crippen LogP contribution in [0.2, 0.25) is 0 Å². The second-order valence-electron chi connectivity index (χ2n) is 8.21. The number of amides is 1. The number of aromatic nitrogens is 2. The standard InChI is InChI=1S/C20H35N5O4S/c1-4-23-15-19(16(2)22-23)20(26)21-9-12-25(18-7-13-29-14-8-18)17-5-10-24(11-6-17)30(3,27)28/h15,17-18H,4-14H2,1-3H3,(H,21,26). The van der Waals surface area contributed by atoms with Crippen molar-refractivity contribution in [2.24, 2.45) is 0 Å². The van der Waals surface area contributed by atoms with E-state index < -0.39 is 10.0 Å². The minimum absolute atomic E-state index is 0.0916. The quantitative estimate of drug-likeness (QED) is 0.642. The molecule has 0 aliphatic carbocycles. The third-order valence-corrected chi connectivity index (χ3v) is 7.50. The van der Waals surface area contributed by atoms with Gasteiger partial charge in [-0.05, 0) is 39.5 Å². The van der Waals surface area contributed by atoms with Gasteiger partial charge in [-0.2, -0.15) is 5.10 Å². The highest BCUT2D eigenvalue weighted by molar-refractivity contribution is 7.88. The second-order valence-corrected chi connectivity index (χ2v) is 10.2. The van der Waals surface area contributed by atoms with Crippen LogP contribution >= 0.6 is 0 Å². The van der Waals surface area contributed by atoms with Crippen LogP contribution in [-0.4, -0.2) is 91.0 Å². The predicted molar refractivity (Wildman–Crippen MR) is 115 cm³/mol. The topological polar surface area (TPSA) is 96.8 Å². The molecule has 0 radical (unpaired) electrons. The molecule has 3 rings (SSSR count). The van der Waals surface area contributed by atoms with Crippen LogP contribution in [-0.2, 0) is 21.3 Å². The predicted octanol–water partition coefficient (Wildman–Crippen LogP) is 0.846. The number of piperidine rings is 1. The number of hydrogen-bond acceptors (Lipinski definition) is 6. The first-order valence-corrected chi connectivity index (χ1v) is 12.7. The van der Waals surface area contributed by atoms with Gasteiger partial charge in [-0.15, -0.1) is 0 Å². The first kappa shape index (κ1) is 23.2. The summed E-state index contributed by atoms with van der Waals surface area (Å²) in [5.41, 5.74) is 1.36. The zero-order valence-corrected chi connectivity index (χ0v) is 19.2. The molecule has 1 N–H and O–H groups in total. The normalized spacial score (nSPS) is 20.0. The van der Waals surface area contributed by atoms with E-state index in [1.807, 2.05) is 13.8 Å². The number of carbonyl (C=O) groups excluding carboxylic acids is 1. The summed E-state index contributed by atoms with van der Waals surface area (Å²) in [6.45, 7) is 8.52. The molecule has 10 heteroatoms. The lowest BCUT2D eigenvalue weighted by atomic mass is 9.98. The SMILES string of the molecule is CCn1cc(C(=O)NCCN(C2CCOCC2)C2CCN(S(C)(=O)=O)CC2)c(C)n1. The van der Waals surface area contributed by atoms with Crippen molar-refractivity contribution in [1.29, 1.82) is 0 Å². The van der Waals surface area contributed by atoms with Crippen molar-refractivity contribution in [3.05, 3.63) is 17.5 Å². The van der Waals surface area contributed by atoms with Gasteiger partial charge in [0.25, 0.3) is 5.91 Å². The summed E-state index contributed by atoms with van der Waals surface area (Å²) in [5, 5.41) is 7.39. The van der Waals surface area contributed by atoms with Crippen molar-refractivity contribution in [2.75, 3.05) is 45.6 Å². The van der Waals surface area contributed by atoms with Gasteiger partial charge in [0.05, 0.1) is 17.5 Å². The maximum absolute atomic E-state index is 12.6. The van der Waals surface area contributed by atoms with E-state index in [2.05, 4.69) is 15.3 Å². The van der Waals surface area contributed by atoms with E-state index in [1.165, 1.54) is 6.26 Å². The number of rotatable bonds is 8. The fraction of sp³-hybridized carbons (Fsp3) is 0.800. The van der Waals surface area contributed by atoms with Gasteiger partial charge in [0.1, 0.15) is 0 Å². The Kier molecular flexibility index (Phi) is 7.89. The molecule has 2 fully saturated rings. The minimum Gasteiger partial charge on any atom is -0.381 e. The van der Waals surface area contributed by atoms with Gasteiger partial charge < -0.3 is 10.1 Å². The van der Waals surface area contributed by atoms with Crippen molar-refractivity contribution in [1.82, 2.24) is 24.3 Å². The highest BCUT2D eigenvalue weighted by atomic mass is 32.2. The summed E-state index contributed by atoms with van der Waals surface area (Å²) in [6.07, 6.45) is 6.66. The van der Waals surface area contributed by atoms with Gasteiger partial charge in [-0.3, -0.25) is 14.4 Å². The Morgan fingerprint density at radius 2 is 1.87 bits per heavy atom. The molecule has 1 aromatic rings. The van der Waals surface area contributed by atoms with Gasteiger partial charge in [0.15, 0.2) is 0 Å². The highest BCUT2D eigenvalue weighted by Gasteiger charge is 2.32. The molecule has 0 atom stereocenters. The summed E-state index contributed by atoms with van der Waals surface area (Å²) in [5.74, 6) is -0.0916. The van der Waals surface area contributed by atoms with Crippen molar-refractivity contribution < 1.29 is 17.9 Å². The van der Waals surface area contributed by atoms with Crippen LogP contribution in [0.5, 0.6) is 0 Å². The molecule has 0 unspecified atom stereocenters. The first-order chi connectivity index (χ1) is 14.3. The van der Waals surface area contributed by atoms with Crippen LogP contribution in [0.15, 0.2) is 6.20 Å². The highest BCUT2D eigenvalue weighted by Crippen LogP contribution is 2.24. The van der Waals surface area contributed by atoms with E-state index >= 15 is 0 Å². The van der Waals surface area contributed by atoms with Gasteiger partial charge in [-0.1, -0.05) is 0 Å². The summed E-state index contributed by atoms with van der Waals surface area (Å²) < 4.78 is 32.6. The zero-order chi connectivity index (χ0) is 21.7. The fourth-order valence-electron chi connectivity index (χ4n) is 4.48. The van der Waals surface area contributed by atoms with Gasteiger partial charge >= 0.3 is 0 Å². The fourth-order valence-corrected chi connectivity index (χ4v) is 5.36. The molecule has 3 heterocycles. The molecule has 0 bridgehead atoms. The number of sulfonamides is 1. The van der Waals surface area contributed by atoms with Crippen molar-refractivity contribution in [3.63, 3.8) is 0 Å². The maximum Gasteiger partial charge on any atom is 0.254 e. The molecule has 1 aromatic heterocycles. The average molecular weight is 442 g/mol. The van der Waals surface area contributed by atoms with Crippen LogP contribution in [0.1, 0.15) is 48.7 Å². The summed E-state index contributed by atoms with van der Waals surface area (Å²) >= 11 is 0. The first-order valence-electron chi connectivity index (χ1n) is 10.9. The lowest BCUT2D eigenvalue weighted by Crippen LogP contribution is -2.53.